The number of esters is 1. The van der Waals surface area contributed by atoms with Gasteiger partial charge in [-0.3, -0.25) is 9.59 Å². The fourth-order valence-electron chi connectivity index (χ4n) is 2.80. The topological polar surface area (TPSA) is 91.8 Å². The molecule has 2 amide bonds. The van der Waals surface area contributed by atoms with E-state index in [1.54, 1.807) is 46.2 Å². The lowest BCUT2D eigenvalue weighted by Gasteiger charge is -2.32. The Bertz CT molecular complexity index is 830. The van der Waals surface area contributed by atoms with Crippen molar-refractivity contribution in [1.29, 1.82) is 0 Å². The first-order chi connectivity index (χ1) is 13.1. The summed E-state index contributed by atoms with van der Waals surface area (Å²) >= 11 is 0. The van der Waals surface area contributed by atoms with E-state index in [2.05, 4.69) is 10.3 Å². The van der Waals surface area contributed by atoms with Gasteiger partial charge in [-0.15, -0.1) is 0 Å². The number of anilines is 2. The smallest absolute Gasteiger partial charge is 0.337 e. The Morgan fingerprint density at radius 1 is 1.11 bits per heavy atom. The summed E-state index contributed by atoms with van der Waals surface area (Å²) in [5.74, 6) is 0.0360. The van der Waals surface area contributed by atoms with Gasteiger partial charge in [0.15, 0.2) is 0 Å². The van der Waals surface area contributed by atoms with Crippen LogP contribution in [0.25, 0.3) is 0 Å². The summed E-state index contributed by atoms with van der Waals surface area (Å²) in [6, 6.07) is 10.3. The first kappa shape index (κ1) is 18.4. The second-order valence-electron chi connectivity index (χ2n) is 6.06. The van der Waals surface area contributed by atoms with E-state index in [0.29, 0.717) is 48.8 Å². The van der Waals surface area contributed by atoms with E-state index in [1.165, 1.54) is 13.3 Å². The summed E-state index contributed by atoms with van der Waals surface area (Å²) < 4.78 is 4.71. The number of benzene rings is 1. The van der Waals surface area contributed by atoms with Gasteiger partial charge in [-0.2, -0.15) is 0 Å². The molecule has 1 aliphatic rings. The number of piperazine rings is 1. The number of nitrogens with zero attached hydrogens (tertiary/aromatic N) is 3. The highest BCUT2D eigenvalue weighted by atomic mass is 16.5. The molecule has 0 radical (unpaired) electrons. The van der Waals surface area contributed by atoms with Gasteiger partial charge in [0.2, 0.25) is 6.41 Å². The molecule has 8 heteroatoms. The molecule has 1 saturated heterocycles. The third-order valence-corrected chi connectivity index (χ3v) is 4.32. The van der Waals surface area contributed by atoms with Crippen molar-refractivity contribution in [2.45, 2.75) is 0 Å². The van der Waals surface area contributed by atoms with Gasteiger partial charge in [-0.1, -0.05) is 6.07 Å². The van der Waals surface area contributed by atoms with Crippen LogP contribution in [0.2, 0.25) is 0 Å². The first-order valence-corrected chi connectivity index (χ1v) is 8.51. The Labute approximate surface area is 156 Å². The molecular weight excluding hydrogens is 348 g/mol. The van der Waals surface area contributed by atoms with Crippen LogP contribution in [0, 0.1) is 0 Å². The molecule has 1 aliphatic heterocycles. The summed E-state index contributed by atoms with van der Waals surface area (Å²) in [4.78, 5) is 42.5. The number of hydrogen-bond acceptors (Lipinski definition) is 6. The zero-order valence-electron chi connectivity index (χ0n) is 14.9. The van der Waals surface area contributed by atoms with Crippen LogP contribution in [-0.2, 0) is 9.53 Å². The molecule has 1 aromatic heterocycles. The summed E-state index contributed by atoms with van der Waals surface area (Å²) in [5, 5.41) is 3.09. The average molecular weight is 368 g/mol. The summed E-state index contributed by atoms with van der Waals surface area (Å²) in [7, 11) is 1.33. The van der Waals surface area contributed by atoms with Crippen molar-refractivity contribution in [3.63, 3.8) is 0 Å². The molecule has 0 aliphatic carbocycles. The van der Waals surface area contributed by atoms with Crippen LogP contribution in [0.5, 0.6) is 0 Å². The minimum absolute atomic E-state index is 0.104. The standard InChI is InChI=1S/C19H20N4O4/c1-27-19(26)14-3-2-4-16(11-14)21-17-6-5-15(12-20-17)18(25)23-9-7-22(13-24)8-10-23/h2-6,11-13H,7-10H2,1H3,(H,20,21). The molecule has 8 nitrogen and oxygen atoms in total. The third-order valence-electron chi connectivity index (χ3n) is 4.32. The molecule has 0 unspecified atom stereocenters. The van der Waals surface area contributed by atoms with E-state index < -0.39 is 5.97 Å². The van der Waals surface area contributed by atoms with Crippen molar-refractivity contribution in [3.8, 4) is 0 Å². The van der Waals surface area contributed by atoms with Gasteiger partial charge in [0.25, 0.3) is 5.91 Å². The van der Waals surface area contributed by atoms with Gasteiger partial charge in [0.1, 0.15) is 5.82 Å². The molecule has 2 heterocycles. The minimum atomic E-state index is -0.415. The number of rotatable bonds is 5. The fraction of sp³-hybridized carbons (Fsp3) is 0.263. The Kier molecular flexibility index (Phi) is 5.65. The lowest BCUT2D eigenvalue weighted by molar-refractivity contribution is -0.119. The molecule has 27 heavy (non-hydrogen) atoms. The first-order valence-electron chi connectivity index (χ1n) is 8.51. The molecule has 1 aromatic carbocycles. The van der Waals surface area contributed by atoms with Crippen LogP contribution >= 0.6 is 0 Å². The van der Waals surface area contributed by atoms with Crippen LogP contribution < -0.4 is 5.32 Å². The lowest BCUT2D eigenvalue weighted by Crippen LogP contribution is -2.48. The molecule has 1 fully saturated rings. The van der Waals surface area contributed by atoms with Crippen LogP contribution in [0.3, 0.4) is 0 Å². The highest BCUT2D eigenvalue weighted by Gasteiger charge is 2.21. The summed E-state index contributed by atoms with van der Waals surface area (Å²) in [6.45, 7) is 2.10. The fourth-order valence-corrected chi connectivity index (χ4v) is 2.80. The van der Waals surface area contributed by atoms with Gasteiger partial charge in [-0.05, 0) is 30.3 Å². The van der Waals surface area contributed by atoms with E-state index in [4.69, 9.17) is 4.74 Å². The number of hydrogen-bond donors (Lipinski definition) is 1. The Morgan fingerprint density at radius 2 is 1.89 bits per heavy atom. The van der Waals surface area contributed by atoms with Crippen molar-refractivity contribution in [3.05, 3.63) is 53.7 Å². The monoisotopic (exact) mass is 368 g/mol. The summed E-state index contributed by atoms with van der Waals surface area (Å²) in [5.41, 5.74) is 1.61. The number of aromatic nitrogens is 1. The van der Waals surface area contributed by atoms with Gasteiger partial charge >= 0.3 is 5.97 Å². The molecule has 0 spiro atoms. The van der Waals surface area contributed by atoms with Crippen molar-refractivity contribution in [2.75, 3.05) is 38.6 Å². The highest BCUT2D eigenvalue weighted by Crippen LogP contribution is 2.17. The maximum Gasteiger partial charge on any atom is 0.337 e. The van der Waals surface area contributed by atoms with E-state index >= 15 is 0 Å². The Balaban J connectivity index is 1.64. The minimum Gasteiger partial charge on any atom is -0.465 e. The largest absolute Gasteiger partial charge is 0.465 e. The molecule has 0 saturated carbocycles. The lowest BCUT2D eigenvalue weighted by atomic mass is 10.2. The van der Waals surface area contributed by atoms with Gasteiger partial charge in [-0.25, -0.2) is 9.78 Å². The molecule has 140 valence electrons. The second-order valence-corrected chi connectivity index (χ2v) is 6.06. The van der Waals surface area contributed by atoms with Crippen LogP contribution in [0.4, 0.5) is 11.5 Å². The quantitative estimate of drug-likeness (QED) is 0.636. The van der Waals surface area contributed by atoms with Crippen LogP contribution in [-0.4, -0.2) is 66.4 Å². The SMILES string of the molecule is COC(=O)c1cccc(Nc2ccc(C(=O)N3CCN(C=O)CC3)cn2)c1. The van der Waals surface area contributed by atoms with Gasteiger partial charge in [0, 0.05) is 38.1 Å². The third kappa shape index (κ3) is 4.41. The number of carbonyl (C=O) groups excluding carboxylic acids is 3. The molecular formula is C19H20N4O4. The number of carbonyl (C=O) groups is 3. The van der Waals surface area contributed by atoms with Crippen LogP contribution in [0.1, 0.15) is 20.7 Å². The van der Waals surface area contributed by atoms with Crippen molar-refractivity contribution < 1.29 is 19.1 Å². The molecule has 1 N–H and O–H groups in total. The van der Waals surface area contributed by atoms with Gasteiger partial charge in [0.05, 0.1) is 18.2 Å². The predicted octanol–water partition coefficient (Wildman–Crippen LogP) is 1.53. The highest BCUT2D eigenvalue weighted by molar-refractivity contribution is 5.94. The van der Waals surface area contributed by atoms with E-state index in [9.17, 15) is 14.4 Å². The normalized spacial score (nSPS) is 13.8. The number of pyridine rings is 1. The molecule has 3 rings (SSSR count). The van der Waals surface area contributed by atoms with Crippen molar-refractivity contribution >= 4 is 29.8 Å². The predicted molar refractivity (Wildman–Crippen MR) is 98.8 cm³/mol. The number of ether oxygens (including phenoxy) is 1. The molecule has 0 atom stereocenters. The maximum atomic E-state index is 12.5. The van der Waals surface area contributed by atoms with Crippen LogP contribution in [0.15, 0.2) is 42.6 Å². The van der Waals surface area contributed by atoms with E-state index in [1.807, 2.05) is 0 Å². The molecule has 0 bridgehead atoms. The second kappa shape index (κ2) is 8.31. The summed E-state index contributed by atoms with van der Waals surface area (Å²) in [6.07, 6.45) is 2.32. The van der Waals surface area contributed by atoms with E-state index in [0.717, 1.165) is 6.41 Å². The molecule has 2 aromatic rings. The average Bonchev–Trinajstić information content (AvgIpc) is 2.73. The number of methoxy groups -OCH3 is 1. The Hall–Kier alpha value is -3.42. The van der Waals surface area contributed by atoms with Crippen molar-refractivity contribution in [2.24, 2.45) is 0 Å². The Morgan fingerprint density at radius 3 is 2.52 bits per heavy atom. The van der Waals surface area contributed by atoms with Gasteiger partial charge < -0.3 is 19.9 Å². The zero-order chi connectivity index (χ0) is 19.2. The number of nitrogens with one attached hydrogen (secondary N) is 1. The van der Waals surface area contributed by atoms with Crippen molar-refractivity contribution in [1.82, 2.24) is 14.8 Å². The van der Waals surface area contributed by atoms with E-state index in [-0.39, 0.29) is 5.91 Å². The number of amides is 2. The maximum absolute atomic E-state index is 12.5. The zero-order valence-corrected chi connectivity index (χ0v) is 14.9.